The third-order valence-corrected chi connectivity index (χ3v) is 4.91. The van der Waals surface area contributed by atoms with E-state index in [0.29, 0.717) is 11.0 Å². The van der Waals surface area contributed by atoms with Crippen molar-refractivity contribution in [1.82, 2.24) is 4.90 Å². The van der Waals surface area contributed by atoms with E-state index in [1.54, 1.807) is 6.07 Å². The van der Waals surface area contributed by atoms with Crippen LogP contribution in [0.5, 0.6) is 0 Å². The molecule has 0 saturated carbocycles. The van der Waals surface area contributed by atoms with Crippen LogP contribution in [-0.4, -0.2) is 48.5 Å². The van der Waals surface area contributed by atoms with Crippen molar-refractivity contribution in [2.75, 3.05) is 42.9 Å². The largest absolute Gasteiger partial charge is 0.368 e. The van der Waals surface area contributed by atoms with Gasteiger partial charge in [0.05, 0.1) is 17.2 Å². The lowest BCUT2D eigenvalue weighted by Gasteiger charge is -2.36. The van der Waals surface area contributed by atoms with Crippen LogP contribution in [0.2, 0.25) is 0 Å². The van der Waals surface area contributed by atoms with Gasteiger partial charge in [0.2, 0.25) is 5.91 Å². The monoisotopic (exact) mass is 418 g/mol. The number of nitrogens with zero attached hydrogens (tertiary/aromatic N) is 3. The summed E-state index contributed by atoms with van der Waals surface area (Å²) in [4.78, 5) is 26.9. The van der Waals surface area contributed by atoms with Crippen LogP contribution in [0.15, 0.2) is 53.0 Å². The molecule has 0 aromatic heterocycles. The molecule has 0 unspecified atom stereocenters. The summed E-state index contributed by atoms with van der Waals surface area (Å²) in [6.45, 7) is 3.38. The third kappa shape index (κ3) is 4.59. The van der Waals surface area contributed by atoms with E-state index in [9.17, 15) is 14.9 Å². The second kappa shape index (κ2) is 8.29. The Morgan fingerprint density at radius 2 is 1.81 bits per heavy atom. The van der Waals surface area contributed by atoms with Crippen LogP contribution in [0, 0.1) is 10.1 Å². The molecule has 1 aliphatic heterocycles. The van der Waals surface area contributed by atoms with E-state index in [1.165, 1.54) is 12.1 Å². The number of carbonyl (C=O) groups is 1. The number of rotatable bonds is 5. The summed E-state index contributed by atoms with van der Waals surface area (Å²) in [5.41, 5.74) is 1.80. The number of nitro benzene ring substituents is 1. The van der Waals surface area contributed by atoms with E-state index in [4.69, 9.17) is 0 Å². The van der Waals surface area contributed by atoms with Gasteiger partial charge in [-0.05, 0) is 34.1 Å². The number of anilines is 2. The zero-order valence-corrected chi connectivity index (χ0v) is 15.7. The molecular formula is C18H19BrN4O3. The first-order chi connectivity index (χ1) is 12.5. The Hall–Kier alpha value is -2.45. The highest BCUT2D eigenvalue weighted by atomic mass is 79.9. The van der Waals surface area contributed by atoms with Crippen LogP contribution < -0.4 is 10.2 Å². The Bertz CT molecular complexity index is 792. The van der Waals surface area contributed by atoms with Gasteiger partial charge >= 0.3 is 0 Å². The molecule has 1 N–H and O–H groups in total. The van der Waals surface area contributed by atoms with Gasteiger partial charge in [-0.15, -0.1) is 0 Å². The minimum absolute atomic E-state index is 0.0267. The summed E-state index contributed by atoms with van der Waals surface area (Å²) >= 11 is 3.42. The second-order valence-corrected chi connectivity index (χ2v) is 6.92. The van der Waals surface area contributed by atoms with E-state index in [2.05, 4.69) is 31.0 Å². The van der Waals surface area contributed by atoms with Gasteiger partial charge in [-0.25, -0.2) is 0 Å². The van der Waals surface area contributed by atoms with E-state index in [0.717, 1.165) is 37.6 Å². The fraction of sp³-hybridized carbons (Fsp3) is 0.278. The molecule has 2 aromatic rings. The molecule has 1 amide bonds. The number of benzene rings is 2. The average Bonchev–Trinajstić information content (AvgIpc) is 2.63. The zero-order chi connectivity index (χ0) is 18.5. The summed E-state index contributed by atoms with van der Waals surface area (Å²) in [6.07, 6.45) is 0. The number of hydrogen-bond donors (Lipinski definition) is 1. The standard InChI is InChI=1S/C18H19BrN4O3/c19-16-12-15(23(25)26)6-7-17(16)22-10-8-21(9-11-22)13-18(24)20-14-4-2-1-3-5-14/h1-7,12H,8-11,13H2,(H,20,24). The second-order valence-electron chi connectivity index (χ2n) is 6.07. The van der Waals surface area contributed by atoms with Gasteiger partial charge in [-0.1, -0.05) is 18.2 Å². The number of piperazine rings is 1. The Morgan fingerprint density at radius 3 is 2.42 bits per heavy atom. The molecule has 1 heterocycles. The Morgan fingerprint density at radius 1 is 1.12 bits per heavy atom. The number of nitrogens with one attached hydrogen (secondary N) is 1. The molecule has 1 fully saturated rings. The summed E-state index contributed by atoms with van der Waals surface area (Å²) in [5.74, 6) is -0.0267. The highest BCUT2D eigenvalue weighted by molar-refractivity contribution is 9.10. The van der Waals surface area contributed by atoms with Gasteiger partial charge in [-0.3, -0.25) is 19.8 Å². The number of carbonyl (C=O) groups excluding carboxylic acids is 1. The quantitative estimate of drug-likeness (QED) is 0.595. The summed E-state index contributed by atoms with van der Waals surface area (Å²) in [5, 5.41) is 13.7. The first-order valence-corrected chi connectivity index (χ1v) is 9.08. The Kier molecular flexibility index (Phi) is 5.85. The highest BCUT2D eigenvalue weighted by Crippen LogP contribution is 2.30. The Labute approximate surface area is 159 Å². The molecule has 7 nitrogen and oxygen atoms in total. The maximum Gasteiger partial charge on any atom is 0.270 e. The molecule has 136 valence electrons. The predicted octanol–water partition coefficient (Wildman–Crippen LogP) is 3.12. The van der Waals surface area contributed by atoms with Crippen molar-refractivity contribution in [3.63, 3.8) is 0 Å². The number of non-ortho nitro benzene ring substituents is 1. The maximum atomic E-state index is 12.1. The number of para-hydroxylation sites is 1. The number of amides is 1. The topological polar surface area (TPSA) is 78.7 Å². The number of nitro groups is 1. The molecule has 0 spiro atoms. The van der Waals surface area contributed by atoms with Crippen LogP contribution in [-0.2, 0) is 4.79 Å². The number of hydrogen-bond acceptors (Lipinski definition) is 5. The zero-order valence-electron chi connectivity index (χ0n) is 14.1. The van der Waals surface area contributed by atoms with Crippen LogP contribution in [0.3, 0.4) is 0 Å². The minimum atomic E-state index is -0.405. The molecule has 0 bridgehead atoms. The van der Waals surface area contributed by atoms with Crippen molar-refractivity contribution < 1.29 is 9.72 Å². The van der Waals surface area contributed by atoms with Gasteiger partial charge in [0.15, 0.2) is 0 Å². The molecule has 26 heavy (non-hydrogen) atoms. The smallest absolute Gasteiger partial charge is 0.270 e. The molecule has 3 rings (SSSR count). The first-order valence-electron chi connectivity index (χ1n) is 8.29. The molecule has 0 radical (unpaired) electrons. The van der Waals surface area contributed by atoms with Gasteiger partial charge in [0.1, 0.15) is 0 Å². The van der Waals surface area contributed by atoms with Gasteiger partial charge in [0.25, 0.3) is 5.69 Å². The van der Waals surface area contributed by atoms with E-state index in [-0.39, 0.29) is 11.6 Å². The molecule has 2 aromatic carbocycles. The first kappa shape index (κ1) is 18.3. The fourth-order valence-electron chi connectivity index (χ4n) is 2.94. The van der Waals surface area contributed by atoms with Crippen molar-refractivity contribution >= 4 is 38.9 Å². The SMILES string of the molecule is O=C(CN1CCN(c2ccc([N+](=O)[O-])cc2Br)CC1)Nc1ccccc1. The van der Waals surface area contributed by atoms with E-state index >= 15 is 0 Å². The van der Waals surface area contributed by atoms with Gasteiger partial charge in [0, 0.05) is 48.5 Å². The van der Waals surface area contributed by atoms with Gasteiger partial charge in [-0.2, -0.15) is 0 Å². The van der Waals surface area contributed by atoms with Gasteiger partial charge < -0.3 is 10.2 Å². The van der Waals surface area contributed by atoms with Crippen LogP contribution in [0.4, 0.5) is 17.1 Å². The van der Waals surface area contributed by atoms with Crippen molar-refractivity contribution in [2.24, 2.45) is 0 Å². The molecule has 1 aliphatic rings. The summed E-state index contributed by atoms with van der Waals surface area (Å²) < 4.78 is 0.710. The molecule has 1 saturated heterocycles. The van der Waals surface area contributed by atoms with E-state index in [1.807, 2.05) is 30.3 Å². The highest BCUT2D eigenvalue weighted by Gasteiger charge is 2.21. The average molecular weight is 419 g/mol. The lowest BCUT2D eigenvalue weighted by molar-refractivity contribution is -0.384. The molecule has 8 heteroatoms. The summed E-state index contributed by atoms with van der Waals surface area (Å²) in [7, 11) is 0. The van der Waals surface area contributed by atoms with Crippen LogP contribution in [0.25, 0.3) is 0 Å². The maximum absolute atomic E-state index is 12.1. The van der Waals surface area contributed by atoms with Crippen LogP contribution in [0.1, 0.15) is 0 Å². The fourth-order valence-corrected chi connectivity index (χ4v) is 3.56. The van der Waals surface area contributed by atoms with Crippen LogP contribution >= 0.6 is 15.9 Å². The van der Waals surface area contributed by atoms with E-state index < -0.39 is 4.92 Å². The lowest BCUT2D eigenvalue weighted by atomic mass is 10.2. The Balaban J connectivity index is 1.53. The third-order valence-electron chi connectivity index (χ3n) is 4.28. The number of halogens is 1. The molecule has 0 atom stereocenters. The van der Waals surface area contributed by atoms with Crippen molar-refractivity contribution in [1.29, 1.82) is 0 Å². The van der Waals surface area contributed by atoms with Crippen molar-refractivity contribution in [3.8, 4) is 0 Å². The molecule has 0 aliphatic carbocycles. The molecular weight excluding hydrogens is 400 g/mol. The lowest BCUT2D eigenvalue weighted by Crippen LogP contribution is -2.48. The normalized spacial score (nSPS) is 14.9. The summed E-state index contributed by atoms with van der Waals surface area (Å²) in [6, 6.07) is 14.2. The minimum Gasteiger partial charge on any atom is -0.368 e. The van der Waals surface area contributed by atoms with Crippen molar-refractivity contribution in [2.45, 2.75) is 0 Å². The predicted molar refractivity (Wildman–Crippen MR) is 105 cm³/mol. The van der Waals surface area contributed by atoms with Crippen molar-refractivity contribution in [3.05, 3.63) is 63.1 Å².